The van der Waals surface area contributed by atoms with Crippen LogP contribution in [-0.4, -0.2) is 86.4 Å². The maximum atomic E-state index is 13.4. The Morgan fingerprint density at radius 1 is 1.02 bits per heavy atom. The predicted octanol–water partition coefficient (Wildman–Crippen LogP) is -0.787. The second-order valence-electron chi connectivity index (χ2n) is 9.76. The number of amides is 4. The molecule has 14 nitrogen and oxygen atoms in total. The van der Waals surface area contributed by atoms with E-state index in [1.807, 2.05) is 24.3 Å². The fraction of sp³-hybridized carbons (Fsp3) is 0.462. The van der Waals surface area contributed by atoms with Gasteiger partial charge in [-0.3, -0.25) is 24.0 Å². The SMILES string of the molecule is NC(=O)CCC(N)C(=O)N1CCCC1C(=O)NC(Cc1c[nH]c2ccccc12)C(=O)NC(CCC(=O)O)C(=O)O. The highest BCUT2D eigenvalue weighted by atomic mass is 16.4. The van der Waals surface area contributed by atoms with E-state index in [0.717, 1.165) is 10.9 Å². The van der Waals surface area contributed by atoms with Crippen molar-refractivity contribution < 1.29 is 39.0 Å². The van der Waals surface area contributed by atoms with Gasteiger partial charge in [-0.1, -0.05) is 18.2 Å². The molecule has 2 aromatic rings. The molecule has 4 amide bonds. The van der Waals surface area contributed by atoms with Gasteiger partial charge in [0, 0.05) is 42.9 Å². The molecule has 0 spiro atoms. The van der Waals surface area contributed by atoms with Crippen molar-refractivity contribution in [1.82, 2.24) is 20.5 Å². The first-order valence-electron chi connectivity index (χ1n) is 12.9. The molecule has 14 heteroatoms. The summed E-state index contributed by atoms with van der Waals surface area (Å²) in [6.07, 6.45) is 1.61. The molecular weight excluding hydrogens is 524 g/mol. The zero-order chi connectivity index (χ0) is 29.4. The van der Waals surface area contributed by atoms with Crippen molar-refractivity contribution >= 4 is 46.5 Å². The molecular formula is C26H34N6O8. The number of carboxylic acids is 2. The van der Waals surface area contributed by atoms with Crippen molar-refractivity contribution in [2.24, 2.45) is 11.5 Å². The topological polar surface area (TPSA) is 238 Å². The number of rotatable bonds is 14. The first-order chi connectivity index (χ1) is 19.0. The van der Waals surface area contributed by atoms with Crippen LogP contribution in [0.2, 0.25) is 0 Å². The fourth-order valence-electron chi connectivity index (χ4n) is 4.73. The number of primary amides is 1. The van der Waals surface area contributed by atoms with Gasteiger partial charge in [0.15, 0.2) is 0 Å². The van der Waals surface area contributed by atoms with E-state index in [-0.39, 0.29) is 32.2 Å². The number of H-pyrrole nitrogens is 1. The summed E-state index contributed by atoms with van der Waals surface area (Å²) in [5.74, 6) is -5.19. The summed E-state index contributed by atoms with van der Waals surface area (Å²) in [6, 6.07) is 2.62. The number of para-hydroxylation sites is 1. The molecule has 1 fully saturated rings. The highest BCUT2D eigenvalue weighted by molar-refractivity contribution is 5.95. The third kappa shape index (κ3) is 7.79. The van der Waals surface area contributed by atoms with Crippen molar-refractivity contribution in [3.05, 3.63) is 36.0 Å². The highest BCUT2D eigenvalue weighted by Gasteiger charge is 2.38. The lowest BCUT2D eigenvalue weighted by Crippen LogP contribution is -2.57. The Balaban J connectivity index is 1.80. The number of likely N-dealkylation sites (tertiary alicyclic amines) is 1. The predicted molar refractivity (Wildman–Crippen MR) is 142 cm³/mol. The van der Waals surface area contributed by atoms with Crippen molar-refractivity contribution in [2.45, 2.75) is 69.1 Å². The van der Waals surface area contributed by atoms with Gasteiger partial charge in [0.25, 0.3) is 0 Å². The maximum Gasteiger partial charge on any atom is 0.326 e. The van der Waals surface area contributed by atoms with E-state index >= 15 is 0 Å². The number of carbonyl (C=O) groups excluding carboxylic acids is 4. The molecule has 1 aromatic carbocycles. The third-order valence-electron chi connectivity index (χ3n) is 6.85. The average Bonchev–Trinajstić information content (AvgIpc) is 3.56. The van der Waals surface area contributed by atoms with Gasteiger partial charge in [0.2, 0.25) is 23.6 Å². The van der Waals surface area contributed by atoms with Gasteiger partial charge in [0.05, 0.1) is 6.04 Å². The number of aromatic nitrogens is 1. The van der Waals surface area contributed by atoms with Crippen LogP contribution in [0.25, 0.3) is 10.9 Å². The van der Waals surface area contributed by atoms with Gasteiger partial charge in [0.1, 0.15) is 18.1 Å². The molecule has 4 unspecified atom stereocenters. The molecule has 40 heavy (non-hydrogen) atoms. The van der Waals surface area contributed by atoms with E-state index in [0.29, 0.717) is 18.4 Å². The standard InChI is InChI=1S/C26H34N6O8/c27-16(7-9-21(28)33)25(38)32-11-3-6-20(32)24(37)31-19(12-14-13-29-17-5-2-1-4-15(14)17)23(36)30-18(26(39)40)8-10-22(34)35/h1-2,4-5,13,16,18-20,29H,3,6-12,27H2,(H2,28,33)(H,30,36)(H,31,37)(H,34,35)(H,39,40). The second-order valence-corrected chi connectivity index (χ2v) is 9.76. The summed E-state index contributed by atoms with van der Waals surface area (Å²) < 4.78 is 0. The lowest BCUT2D eigenvalue weighted by Gasteiger charge is -2.28. The molecule has 4 atom stereocenters. The van der Waals surface area contributed by atoms with Gasteiger partial charge in [-0.2, -0.15) is 0 Å². The zero-order valence-electron chi connectivity index (χ0n) is 21.8. The van der Waals surface area contributed by atoms with Crippen molar-refractivity contribution in [3.63, 3.8) is 0 Å². The van der Waals surface area contributed by atoms with Crippen molar-refractivity contribution in [2.75, 3.05) is 6.54 Å². The molecule has 0 bridgehead atoms. The van der Waals surface area contributed by atoms with E-state index in [9.17, 15) is 33.9 Å². The largest absolute Gasteiger partial charge is 0.481 e. The minimum atomic E-state index is -1.49. The monoisotopic (exact) mass is 558 g/mol. The Labute approximate surface area is 229 Å². The van der Waals surface area contributed by atoms with E-state index in [2.05, 4.69) is 15.6 Å². The van der Waals surface area contributed by atoms with Gasteiger partial charge in [-0.25, -0.2) is 4.79 Å². The number of aromatic amines is 1. The smallest absolute Gasteiger partial charge is 0.326 e. The maximum absolute atomic E-state index is 13.4. The first-order valence-corrected chi connectivity index (χ1v) is 12.9. The molecule has 3 rings (SSSR count). The number of carboxylic acid groups (broad SMARTS) is 2. The average molecular weight is 559 g/mol. The second kappa shape index (κ2) is 13.6. The van der Waals surface area contributed by atoms with Gasteiger partial charge >= 0.3 is 11.9 Å². The van der Waals surface area contributed by atoms with Crippen LogP contribution in [-0.2, 0) is 35.2 Å². The van der Waals surface area contributed by atoms with Crippen LogP contribution in [0, 0.1) is 0 Å². The van der Waals surface area contributed by atoms with E-state index < -0.39 is 66.2 Å². The van der Waals surface area contributed by atoms with Crippen LogP contribution < -0.4 is 22.1 Å². The fourth-order valence-corrected chi connectivity index (χ4v) is 4.73. The quantitative estimate of drug-likeness (QED) is 0.154. The van der Waals surface area contributed by atoms with E-state index in [1.54, 1.807) is 6.20 Å². The Hall–Kier alpha value is -4.46. The normalized spacial score (nSPS) is 17.1. The number of carbonyl (C=O) groups is 6. The summed E-state index contributed by atoms with van der Waals surface area (Å²) in [6.45, 7) is 0.261. The Morgan fingerprint density at radius 2 is 1.75 bits per heavy atom. The van der Waals surface area contributed by atoms with E-state index in [4.69, 9.17) is 16.6 Å². The molecule has 0 radical (unpaired) electrons. The molecule has 1 aliphatic heterocycles. The lowest BCUT2D eigenvalue weighted by atomic mass is 10.0. The molecule has 9 N–H and O–H groups in total. The summed E-state index contributed by atoms with van der Waals surface area (Å²) >= 11 is 0. The number of hydrogen-bond acceptors (Lipinski definition) is 7. The van der Waals surface area contributed by atoms with Crippen LogP contribution in [0.3, 0.4) is 0 Å². The molecule has 216 valence electrons. The third-order valence-corrected chi connectivity index (χ3v) is 6.85. The summed E-state index contributed by atoms with van der Waals surface area (Å²) in [4.78, 5) is 77.7. The molecule has 0 saturated carbocycles. The minimum Gasteiger partial charge on any atom is -0.481 e. The molecule has 1 aliphatic rings. The number of nitrogens with zero attached hydrogens (tertiary/aromatic N) is 1. The van der Waals surface area contributed by atoms with Crippen molar-refractivity contribution in [3.8, 4) is 0 Å². The molecule has 1 aromatic heterocycles. The number of nitrogens with two attached hydrogens (primary N) is 2. The van der Waals surface area contributed by atoms with Crippen LogP contribution in [0.1, 0.15) is 44.1 Å². The first kappa shape index (κ1) is 30.1. The van der Waals surface area contributed by atoms with Crippen LogP contribution in [0.4, 0.5) is 0 Å². The number of hydrogen-bond donors (Lipinski definition) is 7. The van der Waals surface area contributed by atoms with Gasteiger partial charge < -0.3 is 42.2 Å². The van der Waals surface area contributed by atoms with Gasteiger partial charge in [-0.05, 0) is 37.3 Å². The molecule has 0 aliphatic carbocycles. The molecule has 1 saturated heterocycles. The zero-order valence-corrected chi connectivity index (χ0v) is 21.8. The lowest BCUT2D eigenvalue weighted by molar-refractivity contribution is -0.144. The summed E-state index contributed by atoms with van der Waals surface area (Å²) in [5.41, 5.74) is 12.6. The Morgan fingerprint density at radius 3 is 2.42 bits per heavy atom. The van der Waals surface area contributed by atoms with Crippen LogP contribution in [0.5, 0.6) is 0 Å². The molecule has 2 heterocycles. The Bertz CT molecular complexity index is 1280. The number of fused-ring (bicyclic) bond motifs is 1. The summed E-state index contributed by atoms with van der Waals surface area (Å²) in [7, 11) is 0. The number of benzene rings is 1. The van der Waals surface area contributed by atoms with Crippen LogP contribution in [0.15, 0.2) is 30.5 Å². The number of nitrogens with one attached hydrogen (secondary N) is 3. The summed E-state index contributed by atoms with van der Waals surface area (Å²) in [5, 5.41) is 24.2. The van der Waals surface area contributed by atoms with Gasteiger partial charge in [-0.15, -0.1) is 0 Å². The Kier molecular flexibility index (Phi) is 10.2. The number of aliphatic carboxylic acids is 2. The minimum absolute atomic E-state index is 0.00829. The highest BCUT2D eigenvalue weighted by Crippen LogP contribution is 2.22. The van der Waals surface area contributed by atoms with Crippen LogP contribution >= 0.6 is 0 Å². The van der Waals surface area contributed by atoms with E-state index in [1.165, 1.54) is 4.90 Å². The van der Waals surface area contributed by atoms with Crippen molar-refractivity contribution in [1.29, 1.82) is 0 Å².